The van der Waals surface area contributed by atoms with Gasteiger partial charge in [0.2, 0.25) is 0 Å². The molecule has 2 N–H and O–H groups in total. The molecule has 0 unspecified atom stereocenters. The van der Waals surface area contributed by atoms with Gasteiger partial charge in [-0.05, 0) is 13.3 Å². The van der Waals surface area contributed by atoms with Gasteiger partial charge < -0.3 is 5.73 Å². The lowest BCUT2D eigenvalue weighted by molar-refractivity contribution is 0.984. The SMILES string of the molecule is CCc1nc(-c2cncs2)nc(N)c1C. The first-order valence-electron chi connectivity index (χ1n) is 4.74. The zero-order valence-corrected chi connectivity index (χ0v) is 9.51. The van der Waals surface area contributed by atoms with Crippen molar-refractivity contribution in [1.82, 2.24) is 15.0 Å². The highest BCUT2D eigenvalue weighted by atomic mass is 32.1. The molecule has 0 aliphatic carbocycles. The van der Waals surface area contributed by atoms with Gasteiger partial charge in [-0.15, -0.1) is 11.3 Å². The van der Waals surface area contributed by atoms with Crippen LogP contribution in [-0.4, -0.2) is 15.0 Å². The molecule has 2 heterocycles. The second kappa shape index (κ2) is 3.94. The van der Waals surface area contributed by atoms with Gasteiger partial charge in [0.05, 0.1) is 10.4 Å². The Morgan fingerprint density at radius 1 is 1.40 bits per heavy atom. The van der Waals surface area contributed by atoms with Gasteiger partial charge in [0.25, 0.3) is 0 Å². The molecule has 4 nitrogen and oxygen atoms in total. The van der Waals surface area contributed by atoms with Crippen molar-refractivity contribution in [1.29, 1.82) is 0 Å². The summed E-state index contributed by atoms with van der Waals surface area (Å²) < 4.78 is 0. The van der Waals surface area contributed by atoms with Gasteiger partial charge in [0, 0.05) is 17.5 Å². The molecule has 0 radical (unpaired) electrons. The molecule has 0 saturated carbocycles. The zero-order valence-electron chi connectivity index (χ0n) is 8.69. The molecular weight excluding hydrogens is 208 g/mol. The fourth-order valence-electron chi connectivity index (χ4n) is 1.36. The lowest BCUT2D eigenvalue weighted by Gasteiger charge is -2.06. The molecule has 0 aliphatic heterocycles. The highest BCUT2D eigenvalue weighted by Crippen LogP contribution is 2.22. The molecule has 0 spiro atoms. The van der Waals surface area contributed by atoms with E-state index in [0.717, 1.165) is 22.6 Å². The van der Waals surface area contributed by atoms with Crippen molar-refractivity contribution in [3.05, 3.63) is 23.0 Å². The van der Waals surface area contributed by atoms with Gasteiger partial charge >= 0.3 is 0 Å². The zero-order chi connectivity index (χ0) is 10.8. The summed E-state index contributed by atoms with van der Waals surface area (Å²) in [4.78, 5) is 13.7. The van der Waals surface area contributed by atoms with Crippen molar-refractivity contribution < 1.29 is 0 Å². The Kier molecular flexibility index (Phi) is 2.64. The molecule has 0 amide bonds. The Balaban J connectivity index is 2.55. The summed E-state index contributed by atoms with van der Waals surface area (Å²) in [5.74, 6) is 1.24. The van der Waals surface area contributed by atoms with E-state index in [-0.39, 0.29) is 0 Å². The Morgan fingerprint density at radius 3 is 2.80 bits per heavy atom. The van der Waals surface area contributed by atoms with E-state index in [1.807, 2.05) is 6.92 Å². The first kappa shape index (κ1) is 10.0. The molecule has 0 saturated heterocycles. The summed E-state index contributed by atoms with van der Waals surface area (Å²) in [6.45, 7) is 4.01. The standard InChI is InChI=1S/C10H12N4S/c1-3-7-6(2)9(11)14-10(13-7)8-4-12-5-15-8/h4-5H,3H2,1-2H3,(H2,11,13,14). The molecular formula is C10H12N4S. The highest BCUT2D eigenvalue weighted by Gasteiger charge is 2.09. The van der Waals surface area contributed by atoms with Crippen molar-refractivity contribution in [2.75, 3.05) is 5.73 Å². The summed E-state index contributed by atoms with van der Waals surface area (Å²) in [6.07, 6.45) is 2.62. The molecule has 0 bridgehead atoms. The van der Waals surface area contributed by atoms with E-state index in [0.29, 0.717) is 11.6 Å². The normalized spacial score (nSPS) is 10.5. The number of nitrogen functional groups attached to an aromatic ring is 1. The average molecular weight is 220 g/mol. The third kappa shape index (κ3) is 1.83. The molecule has 0 aliphatic rings. The first-order chi connectivity index (χ1) is 7.22. The van der Waals surface area contributed by atoms with Crippen molar-refractivity contribution in [3.8, 4) is 10.7 Å². The molecule has 0 aromatic carbocycles. The van der Waals surface area contributed by atoms with E-state index < -0.39 is 0 Å². The molecule has 5 heteroatoms. The van der Waals surface area contributed by atoms with Crippen LogP contribution in [0, 0.1) is 6.92 Å². The molecule has 0 atom stereocenters. The van der Waals surface area contributed by atoms with Crippen LogP contribution >= 0.6 is 11.3 Å². The largest absolute Gasteiger partial charge is 0.383 e. The predicted octanol–water partition coefficient (Wildman–Crippen LogP) is 2.05. The molecule has 0 fully saturated rings. The van der Waals surface area contributed by atoms with Gasteiger partial charge in [-0.1, -0.05) is 6.92 Å². The number of hydrogen-bond donors (Lipinski definition) is 1. The number of anilines is 1. The van der Waals surface area contributed by atoms with Gasteiger partial charge in [0.1, 0.15) is 5.82 Å². The summed E-state index contributed by atoms with van der Waals surface area (Å²) in [6, 6.07) is 0. The fraction of sp³-hybridized carbons (Fsp3) is 0.300. The minimum absolute atomic E-state index is 0.560. The summed E-state index contributed by atoms with van der Waals surface area (Å²) >= 11 is 1.52. The maximum absolute atomic E-state index is 5.84. The molecule has 2 aromatic rings. The third-order valence-electron chi connectivity index (χ3n) is 2.27. The minimum atomic E-state index is 0.560. The topological polar surface area (TPSA) is 64.7 Å². The van der Waals surface area contributed by atoms with Gasteiger partial charge in [0.15, 0.2) is 5.82 Å². The van der Waals surface area contributed by atoms with Crippen molar-refractivity contribution in [2.24, 2.45) is 0 Å². The Morgan fingerprint density at radius 2 is 2.20 bits per heavy atom. The van der Waals surface area contributed by atoms with E-state index in [1.165, 1.54) is 11.3 Å². The van der Waals surface area contributed by atoms with Crippen LogP contribution in [0.2, 0.25) is 0 Å². The van der Waals surface area contributed by atoms with Crippen LogP contribution in [0.3, 0.4) is 0 Å². The van der Waals surface area contributed by atoms with Crippen molar-refractivity contribution in [3.63, 3.8) is 0 Å². The van der Waals surface area contributed by atoms with Crippen LogP contribution in [-0.2, 0) is 6.42 Å². The third-order valence-corrected chi connectivity index (χ3v) is 3.04. The summed E-state index contributed by atoms with van der Waals surface area (Å²) in [7, 11) is 0. The van der Waals surface area contributed by atoms with E-state index >= 15 is 0 Å². The average Bonchev–Trinajstić information content (AvgIpc) is 2.75. The maximum Gasteiger partial charge on any atom is 0.173 e. The number of nitrogens with zero attached hydrogens (tertiary/aromatic N) is 3. The maximum atomic E-state index is 5.84. The monoisotopic (exact) mass is 220 g/mol. The lowest BCUT2D eigenvalue weighted by Crippen LogP contribution is -2.03. The van der Waals surface area contributed by atoms with Gasteiger partial charge in [-0.3, -0.25) is 4.98 Å². The van der Waals surface area contributed by atoms with E-state index in [2.05, 4.69) is 21.9 Å². The van der Waals surface area contributed by atoms with Crippen molar-refractivity contribution >= 4 is 17.2 Å². The lowest BCUT2D eigenvalue weighted by atomic mass is 10.2. The Bertz CT molecular complexity index is 465. The number of nitrogens with two attached hydrogens (primary N) is 1. The molecule has 78 valence electrons. The van der Waals surface area contributed by atoms with Crippen molar-refractivity contribution in [2.45, 2.75) is 20.3 Å². The minimum Gasteiger partial charge on any atom is -0.383 e. The Labute approximate surface area is 92.2 Å². The van der Waals surface area contributed by atoms with E-state index in [1.54, 1.807) is 11.7 Å². The first-order valence-corrected chi connectivity index (χ1v) is 5.62. The number of rotatable bonds is 2. The Hall–Kier alpha value is -1.49. The summed E-state index contributed by atoms with van der Waals surface area (Å²) in [5.41, 5.74) is 9.58. The molecule has 2 aromatic heterocycles. The van der Waals surface area contributed by atoms with Crippen LogP contribution in [0.25, 0.3) is 10.7 Å². The summed E-state index contributed by atoms with van der Waals surface area (Å²) in [5, 5.41) is 0. The molecule has 2 rings (SSSR count). The fourth-order valence-corrected chi connectivity index (χ4v) is 1.92. The van der Waals surface area contributed by atoms with Gasteiger partial charge in [-0.25, -0.2) is 9.97 Å². The highest BCUT2D eigenvalue weighted by molar-refractivity contribution is 7.13. The van der Waals surface area contributed by atoms with Crippen LogP contribution in [0.4, 0.5) is 5.82 Å². The second-order valence-corrected chi connectivity index (χ2v) is 4.11. The van der Waals surface area contributed by atoms with Crippen LogP contribution in [0.5, 0.6) is 0 Å². The van der Waals surface area contributed by atoms with Crippen LogP contribution in [0.1, 0.15) is 18.2 Å². The second-order valence-electron chi connectivity index (χ2n) is 3.22. The predicted molar refractivity (Wildman–Crippen MR) is 61.7 cm³/mol. The van der Waals surface area contributed by atoms with Crippen LogP contribution in [0.15, 0.2) is 11.7 Å². The van der Waals surface area contributed by atoms with E-state index in [9.17, 15) is 0 Å². The number of thiazole rings is 1. The number of aryl methyl sites for hydroxylation is 1. The smallest absolute Gasteiger partial charge is 0.173 e. The number of hydrogen-bond acceptors (Lipinski definition) is 5. The quantitative estimate of drug-likeness (QED) is 0.841. The van der Waals surface area contributed by atoms with Gasteiger partial charge in [-0.2, -0.15) is 0 Å². The van der Waals surface area contributed by atoms with Crippen LogP contribution < -0.4 is 5.73 Å². The van der Waals surface area contributed by atoms with E-state index in [4.69, 9.17) is 5.73 Å². The molecule has 15 heavy (non-hydrogen) atoms. The number of aromatic nitrogens is 3.